The molecule has 1 aliphatic carbocycles. The maximum Gasteiger partial charge on any atom is 0.133 e. The number of rotatable bonds is 6. The van der Waals surface area contributed by atoms with Crippen molar-refractivity contribution in [3.8, 4) is 0 Å². The zero-order valence-corrected chi connectivity index (χ0v) is 12.4. The van der Waals surface area contributed by atoms with Gasteiger partial charge >= 0.3 is 0 Å². The van der Waals surface area contributed by atoms with E-state index in [9.17, 15) is 0 Å². The first-order valence-electron chi connectivity index (χ1n) is 7.60. The van der Waals surface area contributed by atoms with E-state index in [1.807, 2.05) is 7.05 Å². The molecule has 0 unspecified atom stereocenters. The highest BCUT2D eigenvalue weighted by Gasteiger charge is 2.25. The Kier molecular flexibility index (Phi) is 3.88. The average Bonchev–Trinajstić information content (AvgIpc) is 3.28. The Morgan fingerprint density at radius 1 is 1.30 bits per heavy atom. The molecular weight excluding hydrogens is 246 g/mol. The normalized spacial score (nSPS) is 14.7. The Hall–Kier alpha value is -1.61. The molecule has 0 spiro atoms. The molecule has 1 aliphatic rings. The number of aromatic nitrogens is 1. The lowest BCUT2D eigenvalue weighted by Gasteiger charge is -2.25. The van der Waals surface area contributed by atoms with Crippen LogP contribution >= 0.6 is 0 Å². The number of anilines is 1. The zero-order valence-electron chi connectivity index (χ0n) is 12.4. The predicted octanol–water partition coefficient (Wildman–Crippen LogP) is 3.19. The average molecular weight is 269 g/mol. The topological polar surface area (TPSA) is 28.2 Å². The Morgan fingerprint density at radius 2 is 2.10 bits per heavy atom. The van der Waals surface area contributed by atoms with Gasteiger partial charge in [0, 0.05) is 30.6 Å². The molecule has 106 valence electrons. The van der Waals surface area contributed by atoms with Crippen LogP contribution in [0.1, 0.15) is 25.3 Å². The summed E-state index contributed by atoms with van der Waals surface area (Å²) < 4.78 is 0. The monoisotopic (exact) mass is 269 g/mol. The second-order valence-corrected chi connectivity index (χ2v) is 5.68. The van der Waals surface area contributed by atoms with E-state index in [4.69, 9.17) is 4.98 Å². The number of hydrogen-bond donors (Lipinski definition) is 1. The summed E-state index contributed by atoms with van der Waals surface area (Å²) in [6.45, 7) is 5.27. The molecule has 0 atom stereocenters. The zero-order chi connectivity index (χ0) is 13.9. The van der Waals surface area contributed by atoms with Gasteiger partial charge in [-0.15, -0.1) is 0 Å². The van der Waals surface area contributed by atoms with Crippen molar-refractivity contribution >= 4 is 16.7 Å². The molecule has 0 saturated heterocycles. The summed E-state index contributed by atoms with van der Waals surface area (Å²) in [5.74, 6) is 2.04. The van der Waals surface area contributed by atoms with Crippen molar-refractivity contribution in [2.45, 2.75) is 26.3 Å². The fourth-order valence-electron chi connectivity index (χ4n) is 2.72. The van der Waals surface area contributed by atoms with Gasteiger partial charge in [-0.25, -0.2) is 4.98 Å². The van der Waals surface area contributed by atoms with Crippen LogP contribution in [-0.2, 0) is 6.54 Å². The lowest BCUT2D eigenvalue weighted by Crippen LogP contribution is -2.28. The van der Waals surface area contributed by atoms with Crippen molar-refractivity contribution in [1.29, 1.82) is 0 Å². The second kappa shape index (κ2) is 5.80. The largest absolute Gasteiger partial charge is 0.356 e. The van der Waals surface area contributed by atoms with Crippen LogP contribution in [0.4, 0.5) is 5.82 Å². The van der Waals surface area contributed by atoms with Gasteiger partial charge in [-0.1, -0.05) is 18.2 Å². The fraction of sp³-hybridized carbons (Fsp3) is 0.471. The smallest absolute Gasteiger partial charge is 0.133 e. The van der Waals surface area contributed by atoms with Crippen LogP contribution in [0.2, 0.25) is 0 Å². The van der Waals surface area contributed by atoms with Gasteiger partial charge in [-0.3, -0.25) is 0 Å². The van der Waals surface area contributed by atoms with Gasteiger partial charge in [-0.2, -0.15) is 0 Å². The number of fused-ring (bicyclic) bond motifs is 1. The summed E-state index contributed by atoms with van der Waals surface area (Å²) in [6, 6.07) is 10.7. The van der Waals surface area contributed by atoms with Gasteiger partial charge in [-0.05, 0) is 44.9 Å². The molecule has 1 aromatic carbocycles. The van der Waals surface area contributed by atoms with Crippen LogP contribution in [0.25, 0.3) is 10.9 Å². The summed E-state index contributed by atoms with van der Waals surface area (Å²) in [5.41, 5.74) is 2.39. The number of para-hydroxylation sites is 1. The molecule has 20 heavy (non-hydrogen) atoms. The number of hydrogen-bond acceptors (Lipinski definition) is 3. The van der Waals surface area contributed by atoms with Gasteiger partial charge in [0.05, 0.1) is 5.52 Å². The van der Waals surface area contributed by atoms with E-state index in [-0.39, 0.29) is 0 Å². The van der Waals surface area contributed by atoms with E-state index in [2.05, 4.69) is 47.5 Å². The molecule has 0 amide bonds. The Morgan fingerprint density at radius 3 is 2.80 bits per heavy atom. The third-order valence-corrected chi connectivity index (χ3v) is 4.00. The van der Waals surface area contributed by atoms with Crippen LogP contribution in [0.3, 0.4) is 0 Å². The van der Waals surface area contributed by atoms with Gasteiger partial charge in [0.2, 0.25) is 0 Å². The van der Waals surface area contributed by atoms with Crippen molar-refractivity contribution in [2.75, 3.05) is 25.0 Å². The maximum absolute atomic E-state index is 4.93. The molecule has 3 heteroatoms. The third-order valence-electron chi connectivity index (χ3n) is 4.00. The molecule has 1 saturated carbocycles. The summed E-state index contributed by atoms with van der Waals surface area (Å²) in [5, 5.41) is 4.50. The molecule has 3 nitrogen and oxygen atoms in total. The van der Waals surface area contributed by atoms with Crippen LogP contribution in [0.15, 0.2) is 30.3 Å². The number of nitrogens with zero attached hydrogens (tertiary/aromatic N) is 2. The number of benzene rings is 1. The summed E-state index contributed by atoms with van der Waals surface area (Å²) >= 11 is 0. The van der Waals surface area contributed by atoms with Gasteiger partial charge in [0.1, 0.15) is 5.82 Å². The Labute approximate surface area is 121 Å². The molecular formula is C17H23N3. The van der Waals surface area contributed by atoms with Crippen molar-refractivity contribution in [3.05, 3.63) is 35.9 Å². The second-order valence-electron chi connectivity index (χ2n) is 5.68. The Balaban J connectivity index is 2.02. The van der Waals surface area contributed by atoms with E-state index in [0.29, 0.717) is 0 Å². The van der Waals surface area contributed by atoms with Crippen LogP contribution in [0, 0.1) is 5.92 Å². The molecule has 1 N–H and O–H groups in total. The minimum absolute atomic E-state index is 0.869. The predicted molar refractivity (Wildman–Crippen MR) is 85.1 cm³/mol. The van der Waals surface area contributed by atoms with E-state index in [1.54, 1.807) is 0 Å². The summed E-state index contributed by atoms with van der Waals surface area (Å²) in [6.07, 6.45) is 2.76. The summed E-state index contributed by atoms with van der Waals surface area (Å²) in [4.78, 5) is 7.37. The van der Waals surface area contributed by atoms with Gasteiger partial charge in [0.15, 0.2) is 0 Å². The van der Waals surface area contributed by atoms with Gasteiger partial charge in [0.25, 0.3) is 0 Å². The quantitative estimate of drug-likeness (QED) is 0.873. The third kappa shape index (κ3) is 2.78. The van der Waals surface area contributed by atoms with Crippen LogP contribution in [-0.4, -0.2) is 25.1 Å². The molecule has 1 heterocycles. The van der Waals surface area contributed by atoms with Crippen molar-refractivity contribution < 1.29 is 0 Å². The number of pyridine rings is 1. The van der Waals surface area contributed by atoms with E-state index in [1.165, 1.54) is 23.8 Å². The highest BCUT2D eigenvalue weighted by Crippen LogP contribution is 2.32. The molecule has 3 rings (SSSR count). The molecule has 1 fully saturated rings. The number of nitrogens with one attached hydrogen (secondary N) is 1. The maximum atomic E-state index is 4.93. The molecule has 2 aromatic rings. The van der Waals surface area contributed by atoms with Gasteiger partial charge < -0.3 is 10.2 Å². The molecule has 0 bridgehead atoms. The molecule has 0 radical (unpaired) electrons. The Bertz CT molecular complexity index is 590. The first-order valence-corrected chi connectivity index (χ1v) is 7.60. The minimum atomic E-state index is 0.869. The van der Waals surface area contributed by atoms with Crippen molar-refractivity contribution in [3.63, 3.8) is 0 Å². The van der Waals surface area contributed by atoms with Crippen molar-refractivity contribution in [2.24, 2.45) is 5.92 Å². The standard InChI is InChI=1S/C17H23N3/c1-3-20(12-13-8-9-13)17-15(11-18-2)10-14-6-4-5-7-16(14)19-17/h4-7,10,13,18H,3,8-9,11-12H2,1-2H3. The van der Waals surface area contributed by atoms with Crippen LogP contribution in [0.5, 0.6) is 0 Å². The summed E-state index contributed by atoms with van der Waals surface area (Å²) in [7, 11) is 2.00. The van der Waals surface area contributed by atoms with Crippen LogP contribution < -0.4 is 10.2 Å². The molecule has 1 aromatic heterocycles. The first kappa shape index (κ1) is 13.4. The lowest BCUT2D eigenvalue weighted by molar-refractivity contribution is 0.720. The highest BCUT2D eigenvalue weighted by atomic mass is 15.2. The lowest BCUT2D eigenvalue weighted by atomic mass is 10.1. The van der Waals surface area contributed by atoms with Crippen molar-refractivity contribution in [1.82, 2.24) is 10.3 Å². The molecule has 0 aliphatic heterocycles. The SMILES string of the molecule is CCN(CC1CC1)c1nc2ccccc2cc1CNC. The van der Waals surface area contributed by atoms with E-state index in [0.717, 1.165) is 36.9 Å². The van der Waals surface area contributed by atoms with E-state index < -0.39 is 0 Å². The fourth-order valence-corrected chi connectivity index (χ4v) is 2.72. The highest BCUT2D eigenvalue weighted by molar-refractivity contribution is 5.81. The van der Waals surface area contributed by atoms with E-state index >= 15 is 0 Å². The minimum Gasteiger partial charge on any atom is -0.356 e. The first-order chi connectivity index (χ1) is 9.81.